The Balaban J connectivity index is 1.71. The molecule has 0 aliphatic rings. The molecule has 1 aromatic carbocycles. The number of carbonyl (C=O) groups is 2. The minimum atomic E-state index is -0.286. The Morgan fingerprint density at radius 2 is 1.91 bits per heavy atom. The van der Waals surface area contributed by atoms with Crippen molar-refractivity contribution in [2.45, 2.75) is 13.0 Å². The van der Waals surface area contributed by atoms with Gasteiger partial charge in [-0.1, -0.05) is 29.8 Å². The lowest BCUT2D eigenvalue weighted by Gasteiger charge is -2.07. The number of hydrogen-bond acceptors (Lipinski definition) is 3. The number of carbonyl (C=O) groups excluding carboxylic acids is 2. The van der Waals surface area contributed by atoms with Crippen molar-refractivity contribution in [3.8, 4) is 0 Å². The highest BCUT2D eigenvalue weighted by atomic mass is 35.5. The van der Waals surface area contributed by atoms with E-state index in [2.05, 4.69) is 15.6 Å². The molecule has 1 aromatic heterocycles. The first-order valence-electron chi connectivity index (χ1n) is 6.85. The van der Waals surface area contributed by atoms with Crippen LogP contribution in [0.15, 0.2) is 48.8 Å². The highest BCUT2D eigenvalue weighted by molar-refractivity contribution is 6.33. The molecule has 22 heavy (non-hydrogen) atoms. The van der Waals surface area contributed by atoms with E-state index in [-0.39, 0.29) is 24.8 Å². The van der Waals surface area contributed by atoms with Crippen LogP contribution in [0.2, 0.25) is 5.02 Å². The number of rotatable bonds is 6. The van der Waals surface area contributed by atoms with Crippen molar-refractivity contribution >= 4 is 23.4 Å². The van der Waals surface area contributed by atoms with E-state index in [9.17, 15) is 9.59 Å². The molecular weight excluding hydrogens is 302 g/mol. The Bertz CT molecular complexity index is 647. The summed E-state index contributed by atoms with van der Waals surface area (Å²) in [6.45, 7) is 0.675. The number of nitrogens with zero attached hydrogens (tertiary/aromatic N) is 1. The Kier molecular flexibility index (Phi) is 5.91. The van der Waals surface area contributed by atoms with E-state index in [1.807, 2.05) is 12.1 Å². The third-order valence-electron chi connectivity index (χ3n) is 2.97. The lowest BCUT2D eigenvalue weighted by Crippen LogP contribution is -2.30. The third-order valence-corrected chi connectivity index (χ3v) is 3.30. The van der Waals surface area contributed by atoms with Gasteiger partial charge in [0.1, 0.15) is 0 Å². The van der Waals surface area contributed by atoms with Crippen molar-refractivity contribution in [2.75, 3.05) is 6.54 Å². The lowest BCUT2D eigenvalue weighted by atomic mass is 10.2. The van der Waals surface area contributed by atoms with Crippen LogP contribution < -0.4 is 10.6 Å². The van der Waals surface area contributed by atoms with Gasteiger partial charge in [0.25, 0.3) is 5.91 Å². The van der Waals surface area contributed by atoms with Crippen LogP contribution in [-0.2, 0) is 11.3 Å². The number of halogens is 1. The third kappa shape index (κ3) is 4.86. The fraction of sp³-hybridized carbons (Fsp3) is 0.188. The quantitative estimate of drug-likeness (QED) is 0.857. The van der Waals surface area contributed by atoms with Crippen molar-refractivity contribution in [1.82, 2.24) is 15.6 Å². The average molecular weight is 318 g/mol. The zero-order valence-corrected chi connectivity index (χ0v) is 12.6. The summed E-state index contributed by atoms with van der Waals surface area (Å²) in [5, 5.41) is 5.83. The SMILES string of the molecule is O=C(CCNC(=O)c1ccccc1Cl)NCc1cccnc1. The number of nitrogens with one attached hydrogen (secondary N) is 2. The minimum absolute atomic E-state index is 0.136. The van der Waals surface area contributed by atoms with Crippen LogP contribution >= 0.6 is 11.6 Å². The molecule has 0 saturated carbocycles. The van der Waals surface area contributed by atoms with Crippen LogP contribution in [0, 0.1) is 0 Å². The van der Waals surface area contributed by atoms with Crippen LogP contribution in [0.4, 0.5) is 0 Å². The molecule has 0 atom stereocenters. The van der Waals surface area contributed by atoms with E-state index in [1.165, 1.54) is 0 Å². The molecule has 2 rings (SSSR count). The second-order valence-electron chi connectivity index (χ2n) is 4.62. The van der Waals surface area contributed by atoms with Crippen LogP contribution in [0.3, 0.4) is 0 Å². The summed E-state index contributed by atoms with van der Waals surface area (Å²) in [6, 6.07) is 10.5. The second-order valence-corrected chi connectivity index (χ2v) is 5.03. The Morgan fingerprint density at radius 1 is 1.09 bits per heavy atom. The molecule has 0 aliphatic heterocycles. The molecule has 114 valence electrons. The number of aromatic nitrogens is 1. The van der Waals surface area contributed by atoms with Gasteiger partial charge in [-0.15, -0.1) is 0 Å². The van der Waals surface area contributed by atoms with Crippen LogP contribution in [-0.4, -0.2) is 23.3 Å². The standard InChI is InChI=1S/C16H16ClN3O2/c17-14-6-2-1-5-13(14)16(22)19-9-7-15(21)20-11-12-4-3-8-18-10-12/h1-6,8,10H,7,9,11H2,(H,19,22)(H,20,21). The first kappa shape index (κ1) is 16.0. The molecule has 2 amide bonds. The van der Waals surface area contributed by atoms with Crippen LogP contribution in [0.25, 0.3) is 0 Å². The van der Waals surface area contributed by atoms with Crippen molar-refractivity contribution in [3.63, 3.8) is 0 Å². The van der Waals surface area contributed by atoms with E-state index < -0.39 is 0 Å². The molecule has 2 aromatic rings. The molecule has 2 N–H and O–H groups in total. The number of hydrogen-bond donors (Lipinski definition) is 2. The van der Waals surface area contributed by atoms with Gasteiger partial charge in [-0.25, -0.2) is 0 Å². The van der Waals surface area contributed by atoms with Gasteiger partial charge in [-0.05, 0) is 23.8 Å². The summed E-state index contributed by atoms with van der Waals surface area (Å²) in [7, 11) is 0. The van der Waals surface area contributed by atoms with E-state index in [0.717, 1.165) is 5.56 Å². The number of pyridine rings is 1. The smallest absolute Gasteiger partial charge is 0.252 e. The van der Waals surface area contributed by atoms with Gasteiger partial charge in [-0.2, -0.15) is 0 Å². The summed E-state index contributed by atoms with van der Waals surface area (Å²) in [5.41, 5.74) is 1.33. The van der Waals surface area contributed by atoms with E-state index >= 15 is 0 Å². The van der Waals surface area contributed by atoms with E-state index in [0.29, 0.717) is 17.1 Å². The molecule has 0 fully saturated rings. The van der Waals surface area contributed by atoms with Gasteiger partial charge in [0.2, 0.25) is 5.91 Å². The zero-order chi connectivity index (χ0) is 15.8. The molecule has 0 aliphatic carbocycles. The predicted molar refractivity (Wildman–Crippen MR) is 84.5 cm³/mol. The lowest BCUT2D eigenvalue weighted by molar-refractivity contribution is -0.121. The van der Waals surface area contributed by atoms with Crippen molar-refractivity contribution in [1.29, 1.82) is 0 Å². The molecule has 1 heterocycles. The molecule has 0 unspecified atom stereocenters. The topological polar surface area (TPSA) is 71.1 Å². The first-order valence-corrected chi connectivity index (χ1v) is 7.23. The van der Waals surface area contributed by atoms with Gasteiger partial charge in [-0.3, -0.25) is 14.6 Å². The zero-order valence-electron chi connectivity index (χ0n) is 11.9. The monoisotopic (exact) mass is 317 g/mol. The maximum Gasteiger partial charge on any atom is 0.252 e. The van der Waals surface area contributed by atoms with Gasteiger partial charge in [0, 0.05) is 31.9 Å². The predicted octanol–water partition coefficient (Wildman–Crippen LogP) is 2.17. The molecule has 0 saturated heterocycles. The molecule has 6 heteroatoms. The summed E-state index contributed by atoms with van der Waals surface area (Å²) >= 11 is 5.93. The minimum Gasteiger partial charge on any atom is -0.352 e. The highest BCUT2D eigenvalue weighted by Gasteiger charge is 2.09. The second kappa shape index (κ2) is 8.14. The van der Waals surface area contributed by atoms with Crippen molar-refractivity contribution in [2.24, 2.45) is 0 Å². The molecule has 5 nitrogen and oxygen atoms in total. The number of benzene rings is 1. The fourth-order valence-electron chi connectivity index (χ4n) is 1.82. The largest absolute Gasteiger partial charge is 0.352 e. The molecule has 0 radical (unpaired) electrons. The Morgan fingerprint density at radius 3 is 2.64 bits per heavy atom. The normalized spacial score (nSPS) is 10.0. The Hall–Kier alpha value is -2.40. The van der Waals surface area contributed by atoms with Crippen molar-refractivity contribution in [3.05, 3.63) is 64.9 Å². The average Bonchev–Trinajstić information content (AvgIpc) is 2.54. The van der Waals surface area contributed by atoms with Gasteiger partial charge >= 0.3 is 0 Å². The number of amides is 2. The summed E-state index contributed by atoms with van der Waals surface area (Å²) < 4.78 is 0. The molecular formula is C16H16ClN3O2. The highest BCUT2D eigenvalue weighted by Crippen LogP contribution is 2.14. The van der Waals surface area contributed by atoms with Gasteiger partial charge < -0.3 is 10.6 Å². The summed E-state index contributed by atoms with van der Waals surface area (Å²) in [6.07, 6.45) is 3.57. The van der Waals surface area contributed by atoms with Crippen LogP contribution in [0.5, 0.6) is 0 Å². The summed E-state index contributed by atoms with van der Waals surface area (Å²) in [5.74, 6) is -0.422. The fourth-order valence-corrected chi connectivity index (χ4v) is 2.04. The van der Waals surface area contributed by atoms with E-state index in [1.54, 1.807) is 36.7 Å². The van der Waals surface area contributed by atoms with Crippen LogP contribution in [0.1, 0.15) is 22.3 Å². The maximum atomic E-state index is 11.9. The van der Waals surface area contributed by atoms with Gasteiger partial charge in [0.15, 0.2) is 0 Å². The Labute approximate surface area is 133 Å². The molecule has 0 bridgehead atoms. The van der Waals surface area contributed by atoms with Crippen molar-refractivity contribution < 1.29 is 9.59 Å². The van der Waals surface area contributed by atoms with Gasteiger partial charge in [0.05, 0.1) is 10.6 Å². The maximum absolute atomic E-state index is 11.9. The first-order chi connectivity index (χ1) is 10.7. The van der Waals surface area contributed by atoms with E-state index in [4.69, 9.17) is 11.6 Å². The summed E-state index contributed by atoms with van der Waals surface area (Å²) in [4.78, 5) is 27.6. The molecule has 0 spiro atoms.